The van der Waals surface area contributed by atoms with E-state index in [1.807, 2.05) is 0 Å². The molecule has 0 radical (unpaired) electrons. The highest BCUT2D eigenvalue weighted by atomic mass is 15.3. The van der Waals surface area contributed by atoms with Crippen molar-refractivity contribution in [2.45, 2.75) is 78.9 Å². The fourth-order valence-electron chi connectivity index (χ4n) is 3.66. The van der Waals surface area contributed by atoms with Crippen LogP contribution in [0.25, 0.3) is 0 Å². The highest BCUT2D eigenvalue weighted by Crippen LogP contribution is 2.40. The van der Waals surface area contributed by atoms with E-state index in [-0.39, 0.29) is 0 Å². The Balaban J connectivity index is 2.02. The predicted molar refractivity (Wildman–Crippen MR) is 78.8 cm³/mol. The monoisotopic (exact) mass is 252 g/mol. The molecule has 2 heteroatoms. The van der Waals surface area contributed by atoms with Gasteiger partial charge in [-0.2, -0.15) is 0 Å². The lowest BCUT2D eigenvalue weighted by Crippen LogP contribution is -2.61. The number of hydrogen-bond acceptors (Lipinski definition) is 2. The van der Waals surface area contributed by atoms with Gasteiger partial charge in [0.15, 0.2) is 0 Å². The summed E-state index contributed by atoms with van der Waals surface area (Å²) in [5.41, 5.74) is 0.930. The van der Waals surface area contributed by atoms with E-state index in [0.717, 1.165) is 12.6 Å². The molecule has 3 unspecified atom stereocenters. The highest BCUT2D eigenvalue weighted by molar-refractivity contribution is 4.96. The zero-order valence-corrected chi connectivity index (χ0v) is 13.2. The highest BCUT2D eigenvalue weighted by Gasteiger charge is 2.40. The SMILES string of the molecule is CC1CNC(C(C)(C)C)CN1C1CCC(C)(C)C1. The maximum absolute atomic E-state index is 3.74. The molecule has 1 aliphatic carbocycles. The Hall–Kier alpha value is -0.0800. The Kier molecular flexibility index (Phi) is 3.81. The van der Waals surface area contributed by atoms with Crippen LogP contribution in [0.3, 0.4) is 0 Å². The molecule has 0 aromatic rings. The lowest BCUT2D eigenvalue weighted by molar-refractivity contribution is 0.0555. The molecule has 0 aromatic heterocycles. The average molecular weight is 252 g/mol. The second-order valence-corrected chi connectivity index (χ2v) is 8.43. The first-order valence-corrected chi connectivity index (χ1v) is 7.68. The van der Waals surface area contributed by atoms with Crippen molar-refractivity contribution in [2.75, 3.05) is 13.1 Å². The first kappa shape index (κ1) is 14.3. The summed E-state index contributed by atoms with van der Waals surface area (Å²) in [6.45, 7) is 16.7. The van der Waals surface area contributed by atoms with E-state index in [9.17, 15) is 0 Å². The van der Waals surface area contributed by atoms with Gasteiger partial charge in [0.25, 0.3) is 0 Å². The van der Waals surface area contributed by atoms with Gasteiger partial charge < -0.3 is 5.32 Å². The number of hydrogen-bond donors (Lipinski definition) is 1. The summed E-state index contributed by atoms with van der Waals surface area (Å²) >= 11 is 0. The zero-order chi connectivity index (χ0) is 13.6. The normalized spacial score (nSPS) is 38.0. The molecule has 1 N–H and O–H groups in total. The minimum Gasteiger partial charge on any atom is -0.311 e. The largest absolute Gasteiger partial charge is 0.311 e. The average Bonchev–Trinajstić information content (AvgIpc) is 2.57. The number of piperazine rings is 1. The van der Waals surface area contributed by atoms with Gasteiger partial charge in [-0.3, -0.25) is 4.90 Å². The van der Waals surface area contributed by atoms with E-state index in [4.69, 9.17) is 0 Å². The molecule has 2 fully saturated rings. The van der Waals surface area contributed by atoms with Crippen LogP contribution in [0.2, 0.25) is 0 Å². The summed E-state index contributed by atoms with van der Waals surface area (Å²) in [4.78, 5) is 2.79. The third-order valence-electron chi connectivity index (χ3n) is 5.08. The molecule has 1 saturated heterocycles. The molecule has 2 rings (SSSR count). The Morgan fingerprint density at radius 1 is 1.22 bits per heavy atom. The van der Waals surface area contributed by atoms with Crippen LogP contribution in [-0.4, -0.2) is 36.1 Å². The summed E-state index contributed by atoms with van der Waals surface area (Å²) in [7, 11) is 0. The minimum absolute atomic E-state index is 0.368. The van der Waals surface area contributed by atoms with Crippen molar-refractivity contribution in [3.63, 3.8) is 0 Å². The van der Waals surface area contributed by atoms with E-state index in [1.54, 1.807) is 0 Å². The van der Waals surface area contributed by atoms with Crippen molar-refractivity contribution in [3.8, 4) is 0 Å². The van der Waals surface area contributed by atoms with Gasteiger partial charge in [0.1, 0.15) is 0 Å². The lowest BCUT2D eigenvalue weighted by Gasteiger charge is -2.46. The van der Waals surface area contributed by atoms with Crippen LogP contribution in [0.1, 0.15) is 60.8 Å². The lowest BCUT2D eigenvalue weighted by atomic mass is 9.84. The van der Waals surface area contributed by atoms with Gasteiger partial charge in [0, 0.05) is 31.2 Å². The molecule has 18 heavy (non-hydrogen) atoms. The van der Waals surface area contributed by atoms with E-state index < -0.39 is 0 Å². The molecule has 1 heterocycles. The van der Waals surface area contributed by atoms with E-state index in [2.05, 4.69) is 51.8 Å². The molecule has 0 aromatic carbocycles. The van der Waals surface area contributed by atoms with Crippen molar-refractivity contribution >= 4 is 0 Å². The second-order valence-electron chi connectivity index (χ2n) is 8.43. The molecule has 3 atom stereocenters. The van der Waals surface area contributed by atoms with E-state index in [0.29, 0.717) is 22.9 Å². The van der Waals surface area contributed by atoms with Crippen molar-refractivity contribution < 1.29 is 0 Å². The van der Waals surface area contributed by atoms with Gasteiger partial charge in [-0.25, -0.2) is 0 Å². The van der Waals surface area contributed by atoms with Gasteiger partial charge in [-0.15, -0.1) is 0 Å². The number of nitrogens with one attached hydrogen (secondary N) is 1. The van der Waals surface area contributed by atoms with Crippen LogP contribution >= 0.6 is 0 Å². The molecule has 2 aliphatic rings. The Bertz CT molecular complexity index is 290. The van der Waals surface area contributed by atoms with Crippen LogP contribution in [0.15, 0.2) is 0 Å². The van der Waals surface area contributed by atoms with Gasteiger partial charge in [-0.05, 0) is 37.0 Å². The number of rotatable bonds is 1. The van der Waals surface area contributed by atoms with Crippen LogP contribution in [0.4, 0.5) is 0 Å². The molecule has 2 nitrogen and oxygen atoms in total. The van der Waals surface area contributed by atoms with E-state index in [1.165, 1.54) is 25.8 Å². The van der Waals surface area contributed by atoms with Crippen molar-refractivity contribution in [1.29, 1.82) is 0 Å². The Labute approximate surface area is 114 Å². The Morgan fingerprint density at radius 2 is 1.89 bits per heavy atom. The maximum Gasteiger partial charge on any atom is 0.0244 e. The minimum atomic E-state index is 0.368. The van der Waals surface area contributed by atoms with Gasteiger partial charge in [-0.1, -0.05) is 34.6 Å². The first-order chi connectivity index (χ1) is 8.19. The van der Waals surface area contributed by atoms with Gasteiger partial charge in [0.2, 0.25) is 0 Å². The number of nitrogens with zero attached hydrogens (tertiary/aromatic N) is 1. The van der Waals surface area contributed by atoms with Crippen molar-refractivity contribution in [3.05, 3.63) is 0 Å². The summed E-state index contributed by atoms with van der Waals surface area (Å²) in [5.74, 6) is 0. The second kappa shape index (κ2) is 4.79. The third-order valence-corrected chi connectivity index (χ3v) is 5.08. The molecule has 0 amide bonds. The van der Waals surface area contributed by atoms with Crippen molar-refractivity contribution in [2.24, 2.45) is 10.8 Å². The molecule has 0 spiro atoms. The van der Waals surface area contributed by atoms with Crippen LogP contribution in [0.5, 0.6) is 0 Å². The predicted octanol–water partition coefficient (Wildman–Crippen LogP) is 3.27. The Morgan fingerprint density at radius 3 is 2.39 bits per heavy atom. The summed E-state index contributed by atoms with van der Waals surface area (Å²) in [6, 6.07) is 2.15. The van der Waals surface area contributed by atoms with Crippen LogP contribution < -0.4 is 5.32 Å². The van der Waals surface area contributed by atoms with Crippen LogP contribution in [0, 0.1) is 10.8 Å². The van der Waals surface area contributed by atoms with Crippen molar-refractivity contribution in [1.82, 2.24) is 10.2 Å². The van der Waals surface area contributed by atoms with Gasteiger partial charge >= 0.3 is 0 Å². The maximum atomic E-state index is 3.74. The third kappa shape index (κ3) is 3.08. The molecule has 1 saturated carbocycles. The molecular weight excluding hydrogens is 220 g/mol. The fourth-order valence-corrected chi connectivity index (χ4v) is 3.66. The molecule has 106 valence electrons. The summed E-state index contributed by atoms with van der Waals surface area (Å²) < 4.78 is 0. The molecular formula is C16H32N2. The standard InChI is InChI=1S/C16H32N2/c1-12-10-17-14(15(2,3)4)11-18(12)13-7-8-16(5,6)9-13/h12-14,17H,7-11H2,1-6H3. The smallest absolute Gasteiger partial charge is 0.0244 e. The summed E-state index contributed by atoms with van der Waals surface area (Å²) in [5, 5.41) is 3.74. The fraction of sp³-hybridized carbons (Fsp3) is 1.00. The van der Waals surface area contributed by atoms with E-state index >= 15 is 0 Å². The van der Waals surface area contributed by atoms with Gasteiger partial charge in [0.05, 0.1) is 0 Å². The summed E-state index contributed by atoms with van der Waals surface area (Å²) in [6.07, 6.45) is 4.18. The topological polar surface area (TPSA) is 15.3 Å². The quantitative estimate of drug-likeness (QED) is 0.770. The van der Waals surface area contributed by atoms with Crippen LogP contribution in [-0.2, 0) is 0 Å². The first-order valence-electron chi connectivity index (χ1n) is 7.68. The molecule has 0 bridgehead atoms. The molecule has 1 aliphatic heterocycles. The zero-order valence-electron chi connectivity index (χ0n) is 13.2.